The Kier molecular flexibility index (Phi) is 5.76. The molecule has 2 atom stereocenters. The summed E-state index contributed by atoms with van der Waals surface area (Å²) in [6.45, 7) is 0. The second kappa shape index (κ2) is 8.86. The Bertz CT molecular complexity index is 1230. The highest BCUT2D eigenvalue weighted by Crippen LogP contribution is 2.28. The molecular weight excluding hydrogens is 422 g/mol. The topological polar surface area (TPSA) is 126 Å². The van der Waals surface area contributed by atoms with Crippen LogP contribution in [0, 0.1) is 0 Å². The van der Waals surface area contributed by atoms with E-state index in [1.807, 2.05) is 16.8 Å². The van der Waals surface area contributed by atoms with Gasteiger partial charge in [-0.3, -0.25) is 9.59 Å². The Morgan fingerprint density at radius 1 is 1.18 bits per heavy atom. The molecule has 5 rings (SSSR count). The van der Waals surface area contributed by atoms with Gasteiger partial charge >= 0.3 is 0 Å². The van der Waals surface area contributed by atoms with Crippen molar-refractivity contribution in [2.24, 2.45) is 0 Å². The number of rotatable bonds is 6. The quantitative estimate of drug-likeness (QED) is 0.453. The van der Waals surface area contributed by atoms with Crippen molar-refractivity contribution in [2.45, 2.75) is 63.1 Å². The van der Waals surface area contributed by atoms with Crippen molar-refractivity contribution in [1.82, 2.24) is 24.5 Å². The van der Waals surface area contributed by atoms with Crippen LogP contribution >= 0.6 is 0 Å². The molecule has 174 valence electrons. The van der Waals surface area contributed by atoms with Crippen molar-refractivity contribution in [3.8, 4) is 0 Å². The Balaban J connectivity index is 1.46. The highest BCUT2D eigenvalue weighted by molar-refractivity contribution is 6.00. The van der Waals surface area contributed by atoms with Crippen LogP contribution in [0.3, 0.4) is 0 Å². The number of fused-ring (bicyclic) bond motifs is 1. The van der Waals surface area contributed by atoms with Crippen LogP contribution in [0.1, 0.15) is 61.3 Å². The second-order valence-electron chi connectivity index (χ2n) is 8.85. The average Bonchev–Trinajstić information content (AvgIpc) is 3.27. The first-order valence-corrected chi connectivity index (χ1v) is 11.6. The highest BCUT2D eigenvalue weighted by atomic mass is 16.3. The molecule has 2 saturated carbocycles. The first-order chi connectivity index (χ1) is 16.0. The number of aromatic nitrogens is 4. The largest absolute Gasteiger partial charge is 0.391 e. The molecule has 2 aliphatic carbocycles. The molecule has 10 nitrogen and oxygen atoms in total. The van der Waals surface area contributed by atoms with E-state index in [0.717, 1.165) is 32.1 Å². The van der Waals surface area contributed by atoms with Crippen LogP contribution in [0.15, 0.2) is 35.4 Å². The SMILES string of the molecule is CNc1cc(Nc2cccn(C3CCCCC3)c2=O)nc2c(C(=O)N[C@@H]3CC[C@H]3O)cnn12. The maximum Gasteiger partial charge on any atom is 0.274 e. The monoisotopic (exact) mass is 451 g/mol. The van der Waals surface area contributed by atoms with E-state index in [-0.39, 0.29) is 23.6 Å². The third-order valence-corrected chi connectivity index (χ3v) is 6.73. The third-order valence-electron chi connectivity index (χ3n) is 6.73. The molecule has 1 amide bonds. The molecule has 2 aliphatic rings. The second-order valence-corrected chi connectivity index (χ2v) is 8.85. The number of pyridine rings is 1. The Morgan fingerprint density at radius 2 is 2.00 bits per heavy atom. The van der Waals surface area contributed by atoms with Gasteiger partial charge in [0, 0.05) is 25.4 Å². The van der Waals surface area contributed by atoms with Crippen molar-refractivity contribution in [2.75, 3.05) is 17.7 Å². The summed E-state index contributed by atoms with van der Waals surface area (Å²) in [4.78, 5) is 30.6. The molecule has 0 bridgehead atoms. The molecule has 0 aromatic carbocycles. The molecule has 3 heterocycles. The fourth-order valence-corrected chi connectivity index (χ4v) is 4.65. The summed E-state index contributed by atoms with van der Waals surface area (Å²) in [5, 5.41) is 23.1. The number of nitrogens with zero attached hydrogens (tertiary/aromatic N) is 4. The Morgan fingerprint density at radius 3 is 2.70 bits per heavy atom. The molecule has 10 heteroatoms. The molecule has 4 N–H and O–H groups in total. The van der Waals surface area contributed by atoms with Gasteiger partial charge in [-0.2, -0.15) is 9.61 Å². The number of hydrogen-bond acceptors (Lipinski definition) is 7. The van der Waals surface area contributed by atoms with E-state index in [2.05, 4.69) is 26.0 Å². The van der Waals surface area contributed by atoms with Crippen molar-refractivity contribution >= 4 is 28.9 Å². The number of aliphatic hydroxyl groups excluding tert-OH is 1. The van der Waals surface area contributed by atoms with Gasteiger partial charge in [-0.15, -0.1) is 0 Å². The molecule has 0 saturated heterocycles. The van der Waals surface area contributed by atoms with Crippen molar-refractivity contribution in [3.05, 3.63) is 46.5 Å². The molecule has 0 spiro atoms. The number of anilines is 3. The van der Waals surface area contributed by atoms with E-state index < -0.39 is 6.10 Å². The number of nitrogens with one attached hydrogen (secondary N) is 3. The lowest BCUT2D eigenvalue weighted by molar-refractivity contribution is 0.0448. The Labute approximate surface area is 191 Å². The van der Waals surface area contributed by atoms with E-state index in [1.165, 1.54) is 12.6 Å². The summed E-state index contributed by atoms with van der Waals surface area (Å²) in [7, 11) is 1.75. The van der Waals surface area contributed by atoms with E-state index >= 15 is 0 Å². The van der Waals surface area contributed by atoms with E-state index in [1.54, 1.807) is 23.7 Å². The van der Waals surface area contributed by atoms with Gasteiger partial charge in [-0.25, -0.2) is 4.98 Å². The van der Waals surface area contributed by atoms with Gasteiger partial charge in [0.25, 0.3) is 11.5 Å². The average molecular weight is 452 g/mol. The summed E-state index contributed by atoms with van der Waals surface area (Å²) in [6.07, 6.45) is 9.77. The van der Waals surface area contributed by atoms with E-state index in [9.17, 15) is 14.7 Å². The lowest BCUT2D eigenvalue weighted by atomic mass is 9.89. The number of amides is 1. The maximum absolute atomic E-state index is 13.2. The summed E-state index contributed by atoms with van der Waals surface area (Å²) in [5.41, 5.74) is 1.02. The minimum atomic E-state index is -0.515. The predicted octanol–water partition coefficient (Wildman–Crippen LogP) is 2.43. The summed E-state index contributed by atoms with van der Waals surface area (Å²) in [5.74, 6) is 0.720. The van der Waals surface area contributed by atoms with Gasteiger partial charge < -0.3 is 25.6 Å². The smallest absolute Gasteiger partial charge is 0.274 e. The van der Waals surface area contributed by atoms with Crippen molar-refractivity contribution in [1.29, 1.82) is 0 Å². The van der Waals surface area contributed by atoms with Crippen LogP contribution in [0.4, 0.5) is 17.3 Å². The zero-order valence-corrected chi connectivity index (χ0v) is 18.6. The van der Waals surface area contributed by atoms with Crippen LogP contribution in [0.5, 0.6) is 0 Å². The fourth-order valence-electron chi connectivity index (χ4n) is 4.65. The van der Waals surface area contributed by atoms with Crippen molar-refractivity contribution in [3.63, 3.8) is 0 Å². The van der Waals surface area contributed by atoms with Gasteiger partial charge in [-0.05, 0) is 37.8 Å². The van der Waals surface area contributed by atoms with Gasteiger partial charge in [0.2, 0.25) is 0 Å². The first kappa shape index (κ1) is 21.4. The maximum atomic E-state index is 13.2. The molecule has 0 aliphatic heterocycles. The van der Waals surface area contributed by atoms with Gasteiger partial charge in [0.15, 0.2) is 5.65 Å². The zero-order chi connectivity index (χ0) is 22.9. The lowest BCUT2D eigenvalue weighted by Gasteiger charge is -2.32. The molecule has 0 radical (unpaired) electrons. The van der Waals surface area contributed by atoms with Crippen molar-refractivity contribution < 1.29 is 9.90 Å². The van der Waals surface area contributed by atoms with Gasteiger partial charge in [-0.1, -0.05) is 19.3 Å². The number of aliphatic hydroxyl groups is 1. The minimum Gasteiger partial charge on any atom is -0.391 e. The van der Waals surface area contributed by atoms with Crippen LogP contribution < -0.4 is 21.5 Å². The molecule has 3 aromatic rings. The summed E-state index contributed by atoms with van der Waals surface area (Å²) >= 11 is 0. The first-order valence-electron chi connectivity index (χ1n) is 11.6. The van der Waals surface area contributed by atoms with E-state index in [0.29, 0.717) is 35.0 Å². The number of carbonyl (C=O) groups is 1. The minimum absolute atomic E-state index is 0.0810. The lowest BCUT2D eigenvalue weighted by Crippen LogP contribution is -2.50. The molecular formula is C23H29N7O3. The molecule has 3 aromatic heterocycles. The van der Waals surface area contributed by atoms with Gasteiger partial charge in [0.05, 0.1) is 18.3 Å². The normalized spacial score (nSPS) is 20.9. The van der Waals surface area contributed by atoms with Gasteiger partial charge in [0.1, 0.15) is 22.9 Å². The highest BCUT2D eigenvalue weighted by Gasteiger charge is 2.31. The standard InChI is InChI=1S/C23H29N7O3/c1-24-20-12-19(26-17-8-5-11-29(23(17)33)14-6-3-2-4-7-14)28-21-15(13-25-30(20)21)22(32)27-16-9-10-18(16)31/h5,8,11-14,16,18,24,31H,2-4,6-7,9-10H2,1H3,(H,26,28)(H,27,32)/t16-,18-/m1/s1. The Hall–Kier alpha value is -3.40. The van der Waals surface area contributed by atoms with Crippen LogP contribution in [0.2, 0.25) is 0 Å². The number of hydrogen-bond donors (Lipinski definition) is 4. The third kappa shape index (κ3) is 4.06. The molecule has 33 heavy (non-hydrogen) atoms. The molecule has 0 unspecified atom stereocenters. The summed E-state index contributed by atoms with van der Waals surface area (Å²) in [6, 6.07) is 5.34. The molecule has 2 fully saturated rings. The van der Waals surface area contributed by atoms with Crippen LogP contribution in [-0.4, -0.2) is 49.4 Å². The fraction of sp³-hybridized carbons (Fsp3) is 0.478. The van der Waals surface area contributed by atoms with E-state index in [4.69, 9.17) is 0 Å². The van der Waals surface area contributed by atoms with Crippen LogP contribution in [0.25, 0.3) is 5.65 Å². The number of carbonyl (C=O) groups excluding carboxylic acids is 1. The predicted molar refractivity (Wildman–Crippen MR) is 125 cm³/mol. The zero-order valence-electron chi connectivity index (χ0n) is 18.6. The van der Waals surface area contributed by atoms with Crippen LogP contribution in [-0.2, 0) is 0 Å². The summed E-state index contributed by atoms with van der Waals surface area (Å²) < 4.78 is 3.36.